The van der Waals surface area contributed by atoms with E-state index >= 15 is 0 Å². The van der Waals surface area contributed by atoms with Crippen LogP contribution in [0.3, 0.4) is 0 Å². The maximum absolute atomic E-state index is 5.54. The fourth-order valence-electron chi connectivity index (χ4n) is 3.41. The quantitative estimate of drug-likeness (QED) is 0.521. The van der Waals surface area contributed by atoms with Gasteiger partial charge in [-0.2, -0.15) is 0 Å². The molecule has 1 N–H and O–H groups in total. The van der Waals surface area contributed by atoms with Crippen LogP contribution in [0.25, 0.3) is 11.1 Å². The molecule has 0 saturated carbocycles. The van der Waals surface area contributed by atoms with Crippen LogP contribution in [0.15, 0.2) is 41.4 Å². The zero-order chi connectivity index (χ0) is 19.2. The molecule has 4 rings (SSSR count). The monoisotopic (exact) mass is 396 g/mol. The summed E-state index contributed by atoms with van der Waals surface area (Å²) in [5.41, 5.74) is 7.21. The molecule has 5 heteroatoms. The largest absolute Gasteiger partial charge is 0.494 e. The lowest BCUT2D eigenvalue weighted by Gasteiger charge is -2.33. The van der Waals surface area contributed by atoms with Gasteiger partial charge in [0.2, 0.25) is 0 Å². The molecular weight excluding hydrogens is 372 g/mol. The molecule has 0 atom stereocenters. The number of benzene rings is 2. The molecule has 2 heterocycles. The number of hydrogen-bond acceptors (Lipinski definition) is 5. The second-order valence-electron chi connectivity index (χ2n) is 7.45. The van der Waals surface area contributed by atoms with E-state index in [1.54, 1.807) is 10.3 Å². The van der Waals surface area contributed by atoms with Crippen molar-refractivity contribution in [1.82, 2.24) is 0 Å². The summed E-state index contributed by atoms with van der Waals surface area (Å²) in [5.74, 6) is 0.884. The molecule has 1 aliphatic rings. The number of aryl methyl sites for hydroxylation is 2. The van der Waals surface area contributed by atoms with Crippen molar-refractivity contribution in [2.45, 2.75) is 40.2 Å². The number of rotatable bonds is 3. The van der Waals surface area contributed by atoms with Crippen molar-refractivity contribution in [3.05, 3.63) is 57.1 Å². The van der Waals surface area contributed by atoms with Gasteiger partial charge in [0.05, 0.1) is 22.7 Å². The molecule has 1 aliphatic heterocycles. The van der Waals surface area contributed by atoms with Crippen LogP contribution in [-0.4, -0.2) is 6.61 Å². The molecule has 27 heavy (non-hydrogen) atoms. The zero-order valence-corrected chi connectivity index (χ0v) is 18.0. The molecule has 0 fully saturated rings. The van der Waals surface area contributed by atoms with Crippen molar-refractivity contribution >= 4 is 32.1 Å². The van der Waals surface area contributed by atoms with Crippen LogP contribution in [-0.2, 0) is 5.54 Å². The van der Waals surface area contributed by atoms with Gasteiger partial charge >= 0.3 is 0 Å². The Morgan fingerprint density at radius 1 is 1.04 bits per heavy atom. The first-order valence-corrected chi connectivity index (χ1v) is 11.3. The molecule has 0 amide bonds. The maximum Gasteiger partial charge on any atom is 0.135 e. The Hall–Kier alpha value is -2.11. The summed E-state index contributed by atoms with van der Waals surface area (Å²) in [7, 11) is 3.58. The van der Waals surface area contributed by atoms with E-state index < -0.39 is 0 Å². The summed E-state index contributed by atoms with van der Waals surface area (Å²) in [5, 5.41) is 3.72. The minimum absolute atomic E-state index is 0.0994. The number of hydrogen-bond donors (Lipinski definition) is 1. The van der Waals surface area contributed by atoms with Crippen LogP contribution in [0.5, 0.6) is 5.75 Å². The highest BCUT2D eigenvalue weighted by Crippen LogP contribution is 2.46. The van der Waals surface area contributed by atoms with Crippen LogP contribution < -0.4 is 14.7 Å². The molecule has 0 radical (unpaired) electrons. The Morgan fingerprint density at radius 2 is 1.74 bits per heavy atom. The van der Waals surface area contributed by atoms with Crippen molar-refractivity contribution in [2.75, 3.05) is 11.9 Å². The van der Waals surface area contributed by atoms with Gasteiger partial charge in [0, 0.05) is 16.8 Å². The third kappa shape index (κ3) is 3.30. The molecule has 3 nitrogen and oxygen atoms in total. The van der Waals surface area contributed by atoms with Gasteiger partial charge in [0.1, 0.15) is 10.4 Å². The van der Waals surface area contributed by atoms with E-state index in [1.807, 2.05) is 41.5 Å². The second-order valence-corrected chi connectivity index (χ2v) is 9.57. The molecule has 0 unspecified atom stereocenters. The number of ether oxygens (including phenoxy) is 1. The summed E-state index contributed by atoms with van der Waals surface area (Å²) in [4.78, 5) is 6.33. The highest BCUT2D eigenvalue weighted by molar-refractivity contribution is 7.68. The van der Waals surface area contributed by atoms with Crippen LogP contribution >= 0.6 is 20.7 Å². The third-order valence-corrected chi connectivity index (χ3v) is 7.58. The second kappa shape index (κ2) is 6.80. The van der Waals surface area contributed by atoms with E-state index in [0.29, 0.717) is 6.61 Å². The third-order valence-electron chi connectivity index (χ3n) is 4.94. The topological polar surface area (TPSA) is 33.6 Å². The molecule has 0 saturated heterocycles. The molecule has 0 aliphatic carbocycles. The predicted molar refractivity (Wildman–Crippen MR) is 117 cm³/mol. The van der Waals surface area contributed by atoms with Gasteiger partial charge < -0.3 is 10.1 Å². The lowest BCUT2D eigenvalue weighted by molar-refractivity contribution is 0.340. The summed E-state index contributed by atoms with van der Waals surface area (Å²) >= 11 is 0. The summed E-state index contributed by atoms with van der Waals surface area (Å²) < 4.78 is 6.62. The van der Waals surface area contributed by atoms with Crippen LogP contribution in [0.1, 0.15) is 36.8 Å². The van der Waals surface area contributed by atoms with E-state index in [0.717, 1.165) is 16.1 Å². The SMILES string of the molecule is CCOc1ccc(N=c2ssc3c2-c2cc(C)c(C)cc2NC3(C)C)cc1. The lowest BCUT2D eigenvalue weighted by atomic mass is 9.88. The van der Waals surface area contributed by atoms with Gasteiger partial charge in [0.25, 0.3) is 0 Å². The van der Waals surface area contributed by atoms with Crippen LogP contribution in [0.2, 0.25) is 0 Å². The van der Waals surface area contributed by atoms with Crippen molar-refractivity contribution in [1.29, 1.82) is 0 Å². The van der Waals surface area contributed by atoms with Crippen molar-refractivity contribution in [3.63, 3.8) is 0 Å². The summed E-state index contributed by atoms with van der Waals surface area (Å²) in [6, 6.07) is 12.6. The first-order chi connectivity index (χ1) is 12.9. The van der Waals surface area contributed by atoms with Crippen molar-refractivity contribution in [3.8, 4) is 16.9 Å². The Labute approximate surface area is 167 Å². The molecule has 0 spiro atoms. The molecular formula is C22H24N2OS2. The van der Waals surface area contributed by atoms with Crippen molar-refractivity contribution < 1.29 is 4.74 Å². The van der Waals surface area contributed by atoms with Gasteiger partial charge in [0.15, 0.2) is 0 Å². The maximum atomic E-state index is 5.54. The Kier molecular flexibility index (Phi) is 4.60. The van der Waals surface area contributed by atoms with E-state index in [-0.39, 0.29) is 5.54 Å². The smallest absolute Gasteiger partial charge is 0.135 e. The van der Waals surface area contributed by atoms with Gasteiger partial charge in [-0.3, -0.25) is 0 Å². The molecule has 2 aromatic carbocycles. The molecule has 1 aromatic heterocycles. The number of anilines is 1. The van der Waals surface area contributed by atoms with Crippen LogP contribution in [0.4, 0.5) is 11.4 Å². The van der Waals surface area contributed by atoms with Gasteiger partial charge in [-0.1, -0.05) is 20.7 Å². The Bertz CT molecular complexity index is 1060. The Morgan fingerprint density at radius 3 is 2.44 bits per heavy atom. The number of nitrogens with zero attached hydrogens (tertiary/aromatic N) is 1. The zero-order valence-electron chi connectivity index (χ0n) is 16.3. The standard InChI is InChI=1S/C22H24N2OS2/c1-6-25-16-9-7-15(8-10-16)23-21-19-17-11-13(2)14(3)12-18(17)24-22(4,5)20(19)26-27-21/h7-12,24H,6H2,1-5H3. The van der Waals surface area contributed by atoms with Gasteiger partial charge in [-0.05, 0) is 82.1 Å². The van der Waals surface area contributed by atoms with E-state index in [2.05, 4.69) is 45.1 Å². The molecule has 0 bridgehead atoms. The predicted octanol–water partition coefficient (Wildman–Crippen LogP) is 6.39. The highest BCUT2D eigenvalue weighted by Gasteiger charge is 2.33. The number of fused-ring (bicyclic) bond motifs is 3. The van der Waals surface area contributed by atoms with E-state index in [4.69, 9.17) is 9.73 Å². The minimum Gasteiger partial charge on any atom is -0.494 e. The van der Waals surface area contributed by atoms with E-state index in [9.17, 15) is 0 Å². The number of nitrogens with one attached hydrogen (secondary N) is 1. The molecule has 3 aromatic rings. The normalized spacial score (nSPS) is 15.1. The minimum atomic E-state index is -0.0994. The fourth-order valence-corrected chi connectivity index (χ4v) is 6.35. The summed E-state index contributed by atoms with van der Waals surface area (Å²) in [6.45, 7) is 11.5. The van der Waals surface area contributed by atoms with Gasteiger partial charge in [-0.25, -0.2) is 4.99 Å². The van der Waals surface area contributed by atoms with Crippen LogP contribution in [0, 0.1) is 13.8 Å². The first-order valence-electron chi connectivity index (χ1n) is 9.20. The van der Waals surface area contributed by atoms with Gasteiger partial charge in [-0.15, -0.1) is 0 Å². The average Bonchev–Trinajstić information content (AvgIpc) is 3.04. The average molecular weight is 397 g/mol. The van der Waals surface area contributed by atoms with Crippen molar-refractivity contribution in [2.24, 2.45) is 4.99 Å². The fraction of sp³-hybridized carbons (Fsp3) is 0.318. The summed E-state index contributed by atoms with van der Waals surface area (Å²) in [6.07, 6.45) is 0. The first kappa shape index (κ1) is 18.3. The Balaban J connectivity index is 1.88. The lowest BCUT2D eigenvalue weighted by Crippen LogP contribution is -2.31. The molecule has 140 valence electrons. The highest BCUT2D eigenvalue weighted by atomic mass is 32.9. The van der Waals surface area contributed by atoms with E-state index in [1.165, 1.54) is 32.8 Å².